The van der Waals surface area contributed by atoms with Gasteiger partial charge in [-0.05, 0) is 18.2 Å². The lowest BCUT2D eigenvalue weighted by Gasteiger charge is -2.34. The summed E-state index contributed by atoms with van der Waals surface area (Å²) in [4.78, 5) is 12.5. The molecule has 1 aromatic heterocycles. The summed E-state index contributed by atoms with van der Waals surface area (Å²) in [5, 5.41) is 14.5. The van der Waals surface area contributed by atoms with Crippen LogP contribution >= 0.6 is 0 Å². The van der Waals surface area contributed by atoms with Crippen molar-refractivity contribution in [2.45, 2.75) is 12.0 Å². The molecule has 1 aliphatic rings. The fourth-order valence-electron chi connectivity index (χ4n) is 3.25. The highest BCUT2D eigenvalue weighted by Crippen LogP contribution is 2.36. The number of hydrogen-bond acceptors (Lipinski definition) is 5. The summed E-state index contributed by atoms with van der Waals surface area (Å²) in [6.45, 7) is 0.464. The van der Waals surface area contributed by atoms with Crippen LogP contribution in [-0.2, 0) is 5.60 Å². The lowest BCUT2D eigenvalue weighted by atomic mass is 9.88. The molecule has 0 saturated carbocycles. The molecule has 1 amide bonds. The van der Waals surface area contributed by atoms with E-state index < -0.39 is 5.60 Å². The van der Waals surface area contributed by atoms with Gasteiger partial charge in [-0.15, -0.1) is 0 Å². The van der Waals surface area contributed by atoms with Gasteiger partial charge in [-0.2, -0.15) is 0 Å². The zero-order valence-corrected chi connectivity index (χ0v) is 14.3. The number of carbonyl (C=O) groups is 1. The first kappa shape index (κ1) is 16.5. The number of para-hydroxylation sites is 2. The summed E-state index contributed by atoms with van der Waals surface area (Å²) in [6, 6.07) is 14.4. The zero-order valence-electron chi connectivity index (χ0n) is 14.3. The summed E-state index contributed by atoms with van der Waals surface area (Å²) in [6.07, 6.45) is 0.401. The number of amides is 1. The van der Waals surface area contributed by atoms with Crippen molar-refractivity contribution in [1.82, 2.24) is 5.32 Å². The molecule has 6 nitrogen and oxygen atoms in total. The fourth-order valence-corrected chi connectivity index (χ4v) is 3.25. The minimum absolute atomic E-state index is 0.0698. The van der Waals surface area contributed by atoms with Crippen LogP contribution in [0.2, 0.25) is 0 Å². The van der Waals surface area contributed by atoms with E-state index in [1.165, 1.54) is 0 Å². The SMILES string of the molecule is COc1cccc2cc(C(=O)NCC3(O)CCOc4ccccc43)oc12. The second-order valence-electron chi connectivity index (χ2n) is 6.30. The van der Waals surface area contributed by atoms with Crippen LogP contribution in [0.15, 0.2) is 52.9 Å². The molecule has 6 heteroatoms. The van der Waals surface area contributed by atoms with Crippen molar-refractivity contribution in [3.63, 3.8) is 0 Å². The third-order valence-electron chi connectivity index (χ3n) is 4.65. The number of aliphatic hydroxyl groups is 1. The summed E-state index contributed by atoms with van der Waals surface area (Å²) < 4.78 is 16.5. The first-order chi connectivity index (χ1) is 12.6. The van der Waals surface area contributed by atoms with Gasteiger partial charge in [0.05, 0.1) is 20.3 Å². The van der Waals surface area contributed by atoms with Crippen molar-refractivity contribution in [2.24, 2.45) is 0 Å². The van der Waals surface area contributed by atoms with Gasteiger partial charge in [0.15, 0.2) is 17.1 Å². The van der Waals surface area contributed by atoms with E-state index >= 15 is 0 Å². The monoisotopic (exact) mass is 353 g/mol. The molecule has 1 aliphatic heterocycles. The molecule has 0 radical (unpaired) electrons. The van der Waals surface area contributed by atoms with Crippen LogP contribution < -0.4 is 14.8 Å². The number of furan rings is 1. The van der Waals surface area contributed by atoms with Gasteiger partial charge in [0, 0.05) is 17.4 Å². The Balaban J connectivity index is 1.55. The summed E-state index contributed by atoms with van der Waals surface area (Å²) in [7, 11) is 1.55. The standard InChI is InChI=1S/C20H19NO5/c1-24-16-8-4-5-13-11-17(26-18(13)16)19(22)21-12-20(23)9-10-25-15-7-3-2-6-14(15)20/h2-8,11,23H,9-10,12H2,1H3,(H,21,22). The predicted octanol–water partition coefficient (Wildman–Crippen LogP) is 2.84. The van der Waals surface area contributed by atoms with Crippen LogP contribution in [0.1, 0.15) is 22.5 Å². The van der Waals surface area contributed by atoms with Gasteiger partial charge >= 0.3 is 0 Å². The Hall–Kier alpha value is -2.99. The first-order valence-electron chi connectivity index (χ1n) is 8.40. The van der Waals surface area contributed by atoms with E-state index in [1.807, 2.05) is 36.4 Å². The maximum atomic E-state index is 12.5. The fraction of sp³-hybridized carbons (Fsp3) is 0.250. The molecule has 2 aromatic carbocycles. The lowest BCUT2D eigenvalue weighted by Crippen LogP contribution is -2.43. The Morgan fingerprint density at radius 3 is 2.96 bits per heavy atom. The summed E-state index contributed by atoms with van der Waals surface area (Å²) in [5.41, 5.74) is 0.0295. The van der Waals surface area contributed by atoms with E-state index in [0.29, 0.717) is 35.7 Å². The largest absolute Gasteiger partial charge is 0.493 e. The lowest BCUT2D eigenvalue weighted by molar-refractivity contribution is -0.00179. The van der Waals surface area contributed by atoms with Gasteiger partial charge in [-0.3, -0.25) is 4.79 Å². The van der Waals surface area contributed by atoms with Crippen LogP contribution in [0.5, 0.6) is 11.5 Å². The van der Waals surface area contributed by atoms with E-state index in [4.69, 9.17) is 13.9 Å². The third kappa shape index (κ3) is 2.78. The quantitative estimate of drug-likeness (QED) is 0.754. The predicted molar refractivity (Wildman–Crippen MR) is 95.6 cm³/mol. The van der Waals surface area contributed by atoms with E-state index in [1.54, 1.807) is 19.2 Å². The van der Waals surface area contributed by atoms with Crippen molar-refractivity contribution >= 4 is 16.9 Å². The van der Waals surface area contributed by atoms with E-state index in [2.05, 4.69) is 5.32 Å². The van der Waals surface area contributed by atoms with Crippen molar-refractivity contribution < 1.29 is 23.8 Å². The molecule has 0 bridgehead atoms. The normalized spacial score (nSPS) is 18.8. The molecule has 3 aromatic rings. The number of ether oxygens (including phenoxy) is 2. The average Bonchev–Trinajstić information content (AvgIpc) is 3.11. The number of carbonyl (C=O) groups excluding carboxylic acids is 1. The third-order valence-corrected chi connectivity index (χ3v) is 4.65. The zero-order chi connectivity index (χ0) is 18.1. The number of methoxy groups -OCH3 is 1. The smallest absolute Gasteiger partial charge is 0.287 e. The Labute approximate surface area is 150 Å². The van der Waals surface area contributed by atoms with Crippen LogP contribution in [-0.4, -0.2) is 31.3 Å². The maximum absolute atomic E-state index is 12.5. The van der Waals surface area contributed by atoms with Crippen LogP contribution in [0.25, 0.3) is 11.0 Å². The molecule has 0 aliphatic carbocycles. The number of hydrogen-bond donors (Lipinski definition) is 2. The minimum atomic E-state index is -1.17. The molecule has 1 atom stereocenters. The van der Waals surface area contributed by atoms with Gasteiger partial charge in [-0.1, -0.05) is 30.3 Å². The second-order valence-corrected chi connectivity index (χ2v) is 6.30. The Morgan fingerprint density at radius 1 is 1.27 bits per heavy atom. The topological polar surface area (TPSA) is 80.9 Å². The molecule has 4 rings (SSSR count). The highest BCUT2D eigenvalue weighted by Gasteiger charge is 2.36. The first-order valence-corrected chi connectivity index (χ1v) is 8.40. The van der Waals surface area contributed by atoms with E-state index in [-0.39, 0.29) is 18.2 Å². The number of rotatable bonds is 4. The molecule has 0 saturated heterocycles. The maximum Gasteiger partial charge on any atom is 0.287 e. The molecule has 26 heavy (non-hydrogen) atoms. The van der Waals surface area contributed by atoms with Gasteiger partial charge in [-0.25, -0.2) is 0 Å². The van der Waals surface area contributed by atoms with E-state index in [0.717, 1.165) is 5.39 Å². The number of nitrogens with one attached hydrogen (secondary N) is 1. The molecular formula is C20H19NO5. The highest BCUT2D eigenvalue weighted by atomic mass is 16.5. The Kier molecular flexibility index (Phi) is 4.05. The molecule has 2 heterocycles. The van der Waals surface area contributed by atoms with Crippen molar-refractivity contribution in [3.8, 4) is 11.5 Å². The Bertz CT molecular complexity index is 964. The molecular weight excluding hydrogens is 334 g/mol. The molecule has 0 spiro atoms. The molecule has 1 unspecified atom stereocenters. The van der Waals surface area contributed by atoms with Crippen LogP contribution in [0, 0.1) is 0 Å². The van der Waals surface area contributed by atoms with Gasteiger partial charge < -0.3 is 24.3 Å². The van der Waals surface area contributed by atoms with Crippen molar-refractivity contribution in [2.75, 3.05) is 20.3 Å². The molecule has 134 valence electrons. The van der Waals surface area contributed by atoms with E-state index in [9.17, 15) is 9.90 Å². The number of fused-ring (bicyclic) bond motifs is 2. The van der Waals surface area contributed by atoms with Gasteiger partial charge in [0.1, 0.15) is 11.4 Å². The minimum Gasteiger partial charge on any atom is -0.493 e. The summed E-state index contributed by atoms with van der Waals surface area (Å²) >= 11 is 0. The van der Waals surface area contributed by atoms with Crippen LogP contribution in [0.4, 0.5) is 0 Å². The molecule has 0 fully saturated rings. The van der Waals surface area contributed by atoms with Crippen molar-refractivity contribution in [1.29, 1.82) is 0 Å². The summed E-state index contributed by atoms with van der Waals surface area (Å²) in [5.74, 6) is 0.997. The number of benzene rings is 2. The molecule has 2 N–H and O–H groups in total. The van der Waals surface area contributed by atoms with Gasteiger partial charge in [0.25, 0.3) is 5.91 Å². The van der Waals surface area contributed by atoms with Gasteiger partial charge in [0.2, 0.25) is 0 Å². The van der Waals surface area contributed by atoms with Crippen molar-refractivity contribution in [3.05, 3.63) is 59.9 Å². The average molecular weight is 353 g/mol. The Morgan fingerprint density at radius 2 is 2.12 bits per heavy atom. The van der Waals surface area contributed by atoms with Crippen LogP contribution in [0.3, 0.4) is 0 Å². The second kappa shape index (κ2) is 6.38. The highest BCUT2D eigenvalue weighted by molar-refractivity contribution is 5.97.